The maximum Gasteiger partial charge on any atom is 0.235 e. The van der Waals surface area contributed by atoms with Crippen molar-refractivity contribution < 1.29 is 0 Å². The molecule has 8 heteroatoms. The summed E-state index contributed by atoms with van der Waals surface area (Å²) in [7, 11) is 0. The van der Waals surface area contributed by atoms with E-state index < -0.39 is 0 Å². The molecule has 0 aliphatic carbocycles. The van der Waals surface area contributed by atoms with Gasteiger partial charge in [-0.15, -0.1) is 10.2 Å². The first-order valence-corrected chi connectivity index (χ1v) is 9.29. The van der Waals surface area contributed by atoms with Crippen LogP contribution in [0.4, 0.5) is 0 Å². The third kappa shape index (κ3) is 2.93. The van der Waals surface area contributed by atoms with Crippen LogP contribution in [0.5, 0.6) is 0 Å². The number of hydrogen-bond donors (Lipinski definition) is 2. The molecule has 1 saturated heterocycles. The van der Waals surface area contributed by atoms with Gasteiger partial charge in [0.15, 0.2) is 5.82 Å². The maximum atomic E-state index is 6.29. The van der Waals surface area contributed by atoms with Crippen LogP contribution in [-0.2, 0) is 0 Å². The summed E-state index contributed by atoms with van der Waals surface area (Å²) < 4.78 is 1.79. The fraction of sp³-hybridized carbons (Fsp3) is 0.438. The minimum atomic E-state index is 0.208. The minimum Gasteiger partial charge on any atom is -0.254 e. The van der Waals surface area contributed by atoms with E-state index in [9.17, 15) is 0 Å². The quantitative estimate of drug-likeness (QED) is 0.744. The molecule has 1 fully saturated rings. The van der Waals surface area contributed by atoms with Gasteiger partial charge in [0, 0.05) is 11.6 Å². The number of rotatable bonds is 4. The summed E-state index contributed by atoms with van der Waals surface area (Å²) in [5.74, 6) is 1.36. The van der Waals surface area contributed by atoms with Gasteiger partial charge in [-0.1, -0.05) is 48.9 Å². The highest BCUT2D eigenvalue weighted by molar-refractivity contribution is 7.16. The average molecular weight is 363 g/mol. The molecular weight excluding hydrogens is 344 g/mol. The van der Waals surface area contributed by atoms with Crippen LogP contribution in [0.15, 0.2) is 24.3 Å². The molecule has 2 unspecified atom stereocenters. The predicted octanol–water partition coefficient (Wildman–Crippen LogP) is 3.46. The molecular formula is C16H19ClN6S. The molecule has 0 bridgehead atoms. The van der Waals surface area contributed by atoms with Gasteiger partial charge in [-0.2, -0.15) is 9.61 Å². The van der Waals surface area contributed by atoms with Crippen molar-refractivity contribution in [2.75, 3.05) is 0 Å². The summed E-state index contributed by atoms with van der Waals surface area (Å²) in [5, 5.41) is 14.9. The van der Waals surface area contributed by atoms with Crippen molar-refractivity contribution in [1.29, 1.82) is 0 Å². The molecule has 2 aromatic heterocycles. The molecule has 3 aromatic rings. The normalized spacial score (nSPS) is 21.2. The number of benzene rings is 1. The largest absolute Gasteiger partial charge is 0.254 e. The lowest BCUT2D eigenvalue weighted by atomic mass is 10.0. The second-order valence-electron chi connectivity index (χ2n) is 6.54. The van der Waals surface area contributed by atoms with E-state index in [4.69, 9.17) is 16.7 Å². The highest BCUT2D eigenvalue weighted by Crippen LogP contribution is 2.31. The van der Waals surface area contributed by atoms with Gasteiger partial charge in [0.1, 0.15) is 5.01 Å². The fourth-order valence-corrected chi connectivity index (χ4v) is 4.21. The van der Waals surface area contributed by atoms with Gasteiger partial charge in [-0.3, -0.25) is 5.43 Å². The molecule has 0 spiro atoms. The number of fused-ring (bicyclic) bond motifs is 1. The Morgan fingerprint density at radius 1 is 1.29 bits per heavy atom. The monoisotopic (exact) mass is 362 g/mol. The Balaban J connectivity index is 1.63. The zero-order chi connectivity index (χ0) is 16.7. The average Bonchev–Trinajstić information content (AvgIpc) is 3.22. The van der Waals surface area contributed by atoms with Gasteiger partial charge < -0.3 is 0 Å². The lowest BCUT2D eigenvalue weighted by molar-refractivity contribution is 0.446. The van der Waals surface area contributed by atoms with Gasteiger partial charge in [-0.05, 0) is 30.9 Å². The standard InChI is InChI=1S/C16H19ClN6S/c1-9(2)7-10-8-13(19-18-10)15-22-23-14(20-21-16(23)24-15)11-5-3-4-6-12(11)17/h3-6,9-10,13,18-19H,7-8H2,1-2H3. The molecule has 3 heterocycles. The van der Waals surface area contributed by atoms with Gasteiger partial charge in [0.2, 0.25) is 4.96 Å². The molecule has 2 N–H and O–H groups in total. The van der Waals surface area contributed by atoms with Crippen LogP contribution in [0, 0.1) is 5.92 Å². The van der Waals surface area contributed by atoms with Crippen molar-refractivity contribution in [3.05, 3.63) is 34.3 Å². The van der Waals surface area contributed by atoms with E-state index in [2.05, 4.69) is 34.9 Å². The van der Waals surface area contributed by atoms with E-state index in [1.807, 2.05) is 24.3 Å². The van der Waals surface area contributed by atoms with Crippen molar-refractivity contribution >= 4 is 27.9 Å². The Morgan fingerprint density at radius 3 is 2.92 bits per heavy atom. The second-order valence-corrected chi connectivity index (χ2v) is 7.94. The zero-order valence-electron chi connectivity index (χ0n) is 13.5. The molecule has 0 radical (unpaired) electrons. The summed E-state index contributed by atoms with van der Waals surface area (Å²) in [6.07, 6.45) is 2.18. The van der Waals surface area contributed by atoms with Gasteiger partial charge in [0.05, 0.1) is 11.1 Å². The van der Waals surface area contributed by atoms with Crippen molar-refractivity contribution in [2.45, 2.75) is 38.8 Å². The van der Waals surface area contributed by atoms with Gasteiger partial charge in [-0.25, -0.2) is 5.43 Å². The predicted molar refractivity (Wildman–Crippen MR) is 96.0 cm³/mol. The maximum absolute atomic E-state index is 6.29. The van der Waals surface area contributed by atoms with Crippen molar-refractivity contribution in [1.82, 2.24) is 30.7 Å². The van der Waals surface area contributed by atoms with Gasteiger partial charge >= 0.3 is 0 Å². The smallest absolute Gasteiger partial charge is 0.235 e. The van der Waals surface area contributed by atoms with Crippen molar-refractivity contribution in [2.24, 2.45) is 5.92 Å². The van der Waals surface area contributed by atoms with E-state index in [1.54, 1.807) is 15.9 Å². The molecule has 1 aromatic carbocycles. The third-order valence-corrected chi connectivity index (χ3v) is 5.50. The Bertz CT molecular complexity index is 857. The summed E-state index contributed by atoms with van der Waals surface area (Å²) in [4.78, 5) is 0.786. The van der Waals surface area contributed by atoms with Crippen LogP contribution < -0.4 is 10.9 Å². The second kappa shape index (κ2) is 6.40. The lowest BCUT2D eigenvalue weighted by Gasteiger charge is -2.10. The van der Waals surface area contributed by atoms with Gasteiger partial charge in [0.25, 0.3) is 0 Å². The Morgan fingerprint density at radius 2 is 2.12 bits per heavy atom. The lowest BCUT2D eigenvalue weighted by Crippen LogP contribution is -2.31. The van der Waals surface area contributed by atoms with Crippen LogP contribution in [-0.4, -0.2) is 25.9 Å². The van der Waals surface area contributed by atoms with Crippen LogP contribution in [0.2, 0.25) is 5.02 Å². The number of hydrogen-bond acceptors (Lipinski definition) is 6. The molecule has 2 atom stereocenters. The fourth-order valence-electron chi connectivity index (χ4n) is 3.09. The van der Waals surface area contributed by atoms with E-state index in [1.165, 1.54) is 0 Å². The molecule has 126 valence electrons. The highest BCUT2D eigenvalue weighted by atomic mass is 35.5. The summed E-state index contributed by atoms with van der Waals surface area (Å²) in [6.45, 7) is 4.49. The van der Waals surface area contributed by atoms with Crippen LogP contribution in [0.25, 0.3) is 16.3 Å². The molecule has 24 heavy (non-hydrogen) atoms. The molecule has 4 rings (SSSR count). The number of nitrogens with zero attached hydrogens (tertiary/aromatic N) is 4. The van der Waals surface area contributed by atoms with Crippen LogP contribution in [0.1, 0.15) is 37.7 Å². The summed E-state index contributed by atoms with van der Waals surface area (Å²) in [5.41, 5.74) is 7.58. The molecule has 0 amide bonds. The van der Waals surface area contributed by atoms with E-state index >= 15 is 0 Å². The summed E-state index contributed by atoms with van der Waals surface area (Å²) >= 11 is 7.86. The third-order valence-electron chi connectivity index (χ3n) is 4.16. The number of nitrogens with one attached hydrogen (secondary N) is 2. The van der Waals surface area contributed by atoms with Crippen LogP contribution in [0.3, 0.4) is 0 Å². The van der Waals surface area contributed by atoms with E-state index in [0.29, 0.717) is 22.8 Å². The Kier molecular flexibility index (Phi) is 4.26. The first kappa shape index (κ1) is 16.0. The summed E-state index contributed by atoms with van der Waals surface area (Å²) in [6, 6.07) is 8.32. The van der Waals surface area contributed by atoms with Crippen molar-refractivity contribution in [3.63, 3.8) is 0 Å². The Labute approximate surface area is 149 Å². The number of aromatic nitrogens is 4. The van der Waals surface area contributed by atoms with E-state index in [-0.39, 0.29) is 6.04 Å². The molecule has 6 nitrogen and oxygen atoms in total. The Hall–Kier alpha value is -1.54. The van der Waals surface area contributed by atoms with E-state index in [0.717, 1.165) is 28.4 Å². The topological polar surface area (TPSA) is 67.1 Å². The molecule has 1 aliphatic rings. The molecule has 1 aliphatic heterocycles. The molecule has 0 saturated carbocycles. The first-order chi connectivity index (χ1) is 11.6. The SMILES string of the molecule is CC(C)CC1CC(c2nn3c(-c4ccccc4Cl)nnc3s2)NN1. The first-order valence-electron chi connectivity index (χ1n) is 8.10. The van der Waals surface area contributed by atoms with Crippen LogP contribution >= 0.6 is 22.9 Å². The van der Waals surface area contributed by atoms with Crippen molar-refractivity contribution in [3.8, 4) is 11.4 Å². The number of hydrazine groups is 1. The number of halogens is 1. The zero-order valence-corrected chi connectivity index (χ0v) is 15.1. The minimum absolute atomic E-state index is 0.208. The highest BCUT2D eigenvalue weighted by Gasteiger charge is 2.29.